The lowest BCUT2D eigenvalue weighted by Crippen LogP contribution is -1.97. The maximum atomic E-state index is 5.61. The number of H-pyrrole nitrogens is 1. The first-order chi connectivity index (χ1) is 8.81. The number of pyridine rings is 1. The zero-order valence-corrected chi connectivity index (χ0v) is 9.63. The van der Waals surface area contributed by atoms with Crippen LogP contribution in [-0.4, -0.2) is 15.0 Å². The molecule has 0 aliphatic carbocycles. The van der Waals surface area contributed by atoms with Gasteiger partial charge in [0.15, 0.2) is 0 Å². The standard InChI is InChI=1S/C13H12N4O/c14-9-1-3-10(4-2-9)18-8-13-16-11-5-6-15-7-12(11)17-13/h1-7H,8,14H2,(H,16,17). The fraction of sp³-hybridized carbons (Fsp3) is 0.0769. The minimum absolute atomic E-state index is 0.387. The molecular formula is C13H12N4O. The van der Waals surface area contributed by atoms with E-state index in [-0.39, 0.29) is 0 Å². The van der Waals surface area contributed by atoms with Crippen molar-refractivity contribution in [3.05, 3.63) is 48.5 Å². The van der Waals surface area contributed by atoms with Crippen LogP contribution < -0.4 is 10.5 Å². The second-order valence-corrected chi connectivity index (χ2v) is 3.93. The van der Waals surface area contributed by atoms with Gasteiger partial charge in [0, 0.05) is 11.9 Å². The van der Waals surface area contributed by atoms with Gasteiger partial charge >= 0.3 is 0 Å². The molecule has 0 aliphatic rings. The molecule has 0 amide bonds. The summed E-state index contributed by atoms with van der Waals surface area (Å²) in [5.74, 6) is 1.54. The van der Waals surface area contributed by atoms with Crippen LogP contribution in [0.15, 0.2) is 42.7 Å². The Morgan fingerprint density at radius 2 is 2.00 bits per heavy atom. The van der Waals surface area contributed by atoms with Crippen LogP contribution in [0.2, 0.25) is 0 Å². The summed E-state index contributed by atoms with van der Waals surface area (Å²) in [6.45, 7) is 0.387. The third-order valence-electron chi connectivity index (χ3n) is 2.59. The van der Waals surface area contributed by atoms with E-state index in [4.69, 9.17) is 10.5 Å². The van der Waals surface area contributed by atoms with E-state index in [1.807, 2.05) is 18.2 Å². The first kappa shape index (κ1) is 10.6. The number of nitrogen functional groups attached to an aromatic ring is 1. The molecule has 0 fully saturated rings. The van der Waals surface area contributed by atoms with Crippen molar-refractivity contribution in [3.8, 4) is 5.75 Å². The van der Waals surface area contributed by atoms with Crippen molar-refractivity contribution in [2.45, 2.75) is 6.61 Å². The van der Waals surface area contributed by atoms with Gasteiger partial charge in [0.2, 0.25) is 0 Å². The van der Waals surface area contributed by atoms with Gasteiger partial charge in [0.25, 0.3) is 0 Å². The molecule has 90 valence electrons. The lowest BCUT2D eigenvalue weighted by atomic mass is 10.3. The van der Waals surface area contributed by atoms with Crippen molar-refractivity contribution in [1.82, 2.24) is 15.0 Å². The van der Waals surface area contributed by atoms with Crippen molar-refractivity contribution in [3.63, 3.8) is 0 Å². The van der Waals surface area contributed by atoms with Gasteiger partial charge in [-0.25, -0.2) is 4.98 Å². The summed E-state index contributed by atoms with van der Waals surface area (Å²) in [4.78, 5) is 11.6. The number of ether oxygens (including phenoxy) is 1. The molecule has 0 aliphatic heterocycles. The molecule has 0 saturated heterocycles. The van der Waals surface area contributed by atoms with Crippen LogP contribution in [0, 0.1) is 0 Å². The largest absolute Gasteiger partial charge is 0.486 e. The molecule has 3 N–H and O–H groups in total. The van der Waals surface area contributed by atoms with Gasteiger partial charge in [0.05, 0.1) is 17.2 Å². The SMILES string of the molecule is Nc1ccc(OCc2nc3ccncc3[nH]2)cc1. The molecule has 18 heavy (non-hydrogen) atoms. The minimum atomic E-state index is 0.387. The van der Waals surface area contributed by atoms with Crippen molar-refractivity contribution in [1.29, 1.82) is 0 Å². The second kappa shape index (κ2) is 4.37. The predicted molar refractivity (Wildman–Crippen MR) is 69.1 cm³/mol. The summed E-state index contributed by atoms with van der Waals surface area (Å²) in [5.41, 5.74) is 8.12. The van der Waals surface area contributed by atoms with Gasteiger partial charge in [-0.15, -0.1) is 0 Å². The number of hydrogen-bond acceptors (Lipinski definition) is 4. The summed E-state index contributed by atoms with van der Waals surface area (Å²) >= 11 is 0. The lowest BCUT2D eigenvalue weighted by Gasteiger charge is -2.03. The smallest absolute Gasteiger partial charge is 0.146 e. The van der Waals surface area contributed by atoms with Crippen molar-refractivity contribution >= 4 is 16.7 Å². The lowest BCUT2D eigenvalue weighted by molar-refractivity contribution is 0.297. The zero-order valence-electron chi connectivity index (χ0n) is 9.63. The molecule has 5 heteroatoms. The number of anilines is 1. The first-order valence-electron chi connectivity index (χ1n) is 5.58. The van der Waals surface area contributed by atoms with Crippen LogP contribution >= 0.6 is 0 Å². The van der Waals surface area contributed by atoms with Gasteiger partial charge in [0.1, 0.15) is 18.2 Å². The monoisotopic (exact) mass is 240 g/mol. The third-order valence-corrected chi connectivity index (χ3v) is 2.59. The normalized spacial score (nSPS) is 10.7. The topological polar surface area (TPSA) is 76.8 Å². The van der Waals surface area contributed by atoms with Crippen molar-refractivity contribution < 1.29 is 4.74 Å². The van der Waals surface area contributed by atoms with E-state index in [9.17, 15) is 0 Å². The highest BCUT2D eigenvalue weighted by Crippen LogP contribution is 2.15. The van der Waals surface area contributed by atoms with Crippen LogP contribution in [0.4, 0.5) is 5.69 Å². The summed E-state index contributed by atoms with van der Waals surface area (Å²) in [5, 5.41) is 0. The Kier molecular flexibility index (Phi) is 2.57. The number of nitrogens with two attached hydrogens (primary N) is 1. The van der Waals surface area contributed by atoms with Crippen molar-refractivity contribution in [2.24, 2.45) is 0 Å². The molecule has 2 aromatic heterocycles. The zero-order chi connectivity index (χ0) is 12.4. The molecule has 0 saturated carbocycles. The summed E-state index contributed by atoms with van der Waals surface area (Å²) in [7, 11) is 0. The molecular weight excluding hydrogens is 228 g/mol. The van der Waals surface area contributed by atoms with E-state index in [0.29, 0.717) is 6.61 Å². The Morgan fingerprint density at radius 1 is 1.17 bits per heavy atom. The molecule has 3 aromatic rings. The van der Waals surface area contributed by atoms with Gasteiger partial charge in [-0.2, -0.15) is 0 Å². The van der Waals surface area contributed by atoms with E-state index in [1.54, 1.807) is 24.5 Å². The molecule has 5 nitrogen and oxygen atoms in total. The van der Waals surface area contributed by atoms with Crippen LogP contribution in [-0.2, 0) is 6.61 Å². The van der Waals surface area contributed by atoms with Gasteiger partial charge in [-0.05, 0) is 30.3 Å². The van der Waals surface area contributed by atoms with Crippen molar-refractivity contribution in [2.75, 3.05) is 5.73 Å². The number of aromatic amines is 1. The number of benzene rings is 1. The molecule has 1 aromatic carbocycles. The molecule has 0 unspecified atom stereocenters. The van der Waals surface area contributed by atoms with Crippen LogP contribution in [0.5, 0.6) is 5.75 Å². The molecule has 2 heterocycles. The molecule has 0 radical (unpaired) electrons. The van der Waals surface area contributed by atoms with Crippen LogP contribution in [0.25, 0.3) is 11.0 Å². The molecule has 0 bridgehead atoms. The molecule has 0 spiro atoms. The Labute approximate surface area is 104 Å². The van der Waals surface area contributed by atoms with Gasteiger partial charge in [-0.3, -0.25) is 4.98 Å². The van der Waals surface area contributed by atoms with Crippen LogP contribution in [0.3, 0.4) is 0 Å². The average Bonchev–Trinajstić information content (AvgIpc) is 2.81. The number of rotatable bonds is 3. The van der Waals surface area contributed by atoms with E-state index in [2.05, 4.69) is 15.0 Å². The number of nitrogens with one attached hydrogen (secondary N) is 1. The molecule has 3 rings (SSSR count). The summed E-state index contributed by atoms with van der Waals surface area (Å²) in [6.07, 6.45) is 3.46. The minimum Gasteiger partial charge on any atom is -0.486 e. The Bertz CT molecular complexity index is 627. The second-order valence-electron chi connectivity index (χ2n) is 3.93. The summed E-state index contributed by atoms with van der Waals surface area (Å²) in [6, 6.07) is 9.13. The number of hydrogen-bond donors (Lipinski definition) is 2. The Hall–Kier alpha value is -2.56. The quantitative estimate of drug-likeness (QED) is 0.687. The highest BCUT2D eigenvalue weighted by molar-refractivity contribution is 5.73. The van der Waals surface area contributed by atoms with Gasteiger partial charge in [-0.1, -0.05) is 0 Å². The summed E-state index contributed by atoms with van der Waals surface area (Å²) < 4.78 is 5.61. The van der Waals surface area contributed by atoms with E-state index >= 15 is 0 Å². The fourth-order valence-electron chi connectivity index (χ4n) is 1.69. The maximum Gasteiger partial charge on any atom is 0.146 e. The number of nitrogens with zero attached hydrogens (tertiary/aromatic N) is 2. The fourth-order valence-corrected chi connectivity index (χ4v) is 1.69. The van der Waals surface area contributed by atoms with E-state index in [0.717, 1.165) is 28.3 Å². The average molecular weight is 240 g/mol. The number of aromatic nitrogens is 3. The van der Waals surface area contributed by atoms with Crippen LogP contribution in [0.1, 0.15) is 5.82 Å². The van der Waals surface area contributed by atoms with E-state index in [1.165, 1.54) is 0 Å². The highest BCUT2D eigenvalue weighted by Gasteiger charge is 2.03. The maximum absolute atomic E-state index is 5.61. The number of imidazole rings is 1. The highest BCUT2D eigenvalue weighted by atomic mass is 16.5. The first-order valence-corrected chi connectivity index (χ1v) is 5.58. The van der Waals surface area contributed by atoms with E-state index < -0.39 is 0 Å². The predicted octanol–water partition coefficient (Wildman–Crippen LogP) is 2.12. The Morgan fingerprint density at radius 3 is 2.78 bits per heavy atom. The Balaban J connectivity index is 1.74. The third kappa shape index (κ3) is 2.10. The molecule has 0 atom stereocenters. The number of fused-ring (bicyclic) bond motifs is 1. The van der Waals surface area contributed by atoms with Gasteiger partial charge < -0.3 is 15.5 Å².